The van der Waals surface area contributed by atoms with Gasteiger partial charge in [0, 0.05) is 31.2 Å². The Hall–Kier alpha value is -3.43. The Labute approximate surface area is 205 Å². The molecular formula is C26H33N7O2. The third kappa shape index (κ3) is 5.98. The smallest absolute Gasteiger partial charge is 0.221 e. The lowest BCUT2D eigenvalue weighted by atomic mass is 9.98. The molecule has 4 rings (SSSR count). The fourth-order valence-electron chi connectivity index (χ4n) is 3.85. The van der Waals surface area contributed by atoms with Crippen LogP contribution in [0.4, 0.5) is 0 Å². The molecule has 0 fully saturated rings. The second kappa shape index (κ2) is 11.8. The Morgan fingerprint density at radius 1 is 0.914 bits per heavy atom. The van der Waals surface area contributed by atoms with Crippen molar-refractivity contribution in [3.63, 3.8) is 0 Å². The number of H-pyrrole nitrogens is 1. The Morgan fingerprint density at radius 3 is 2.20 bits per heavy atom. The monoisotopic (exact) mass is 475 g/mol. The summed E-state index contributed by atoms with van der Waals surface area (Å²) >= 11 is 0. The summed E-state index contributed by atoms with van der Waals surface area (Å²) in [6, 6.07) is 16.7. The van der Waals surface area contributed by atoms with Gasteiger partial charge >= 0.3 is 0 Å². The minimum absolute atomic E-state index is 0.172. The molecule has 0 spiro atoms. The topological polar surface area (TPSA) is 104 Å². The first-order valence-corrected chi connectivity index (χ1v) is 12.2. The predicted molar refractivity (Wildman–Crippen MR) is 133 cm³/mol. The SMILES string of the molecule is CCCOC(OCCC)c1nc(Cc2ccc(-c3ccccc3-c3nnn[nH]3)cc2)n(C(C)C)n1. The normalized spacial score (nSPS) is 11.6. The molecule has 9 heteroatoms. The van der Waals surface area contributed by atoms with Crippen LogP contribution in [-0.2, 0) is 15.9 Å². The number of aromatic amines is 1. The molecule has 0 aliphatic rings. The van der Waals surface area contributed by atoms with E-state index in [1.54, 1.807) is 0 Å². The zero-order valence-electron chi connectivity index (χ0n) is 20.8. The highest BCUT2D eigenvalue weighted by atomic mass is 16.7. The van der Waals surface area contributed by atoms with E-state index in [-0.39, 0.29) is 6.04 Å². The minimum Gasteiger partial charge on any atom is -0.346 e. The highest BCUT2D eigenvalue weighted by Gasteiger charge is 2.22. The van der Waals surface area contributed by atoms with Gasteiger partial charge in [0.2, 0.25) is 12.1 Å². The van der Waals surface area contributed by atoms with Crippen molar-refractivity contribution in [2.75, 3.05) is 13.2 Å². The molecule has 0 radical (unpaired) electrons. The summed E-state index contributed by atoms with van der Waals surface area (Å²) in [5, 5.41) is 19.1. The van der Waals surface area contributed by atoms with Gasteiger partial charge in [-0.15, -0.1) is 5.10 Å². The second-order valence-corrected chi connectivity index (χ2v) is 8.67. The van der Waals surface area contributed by atoms with Crippen molar-refractivity contribution in [1.82, 2.24) is 35.4 Å². The van der Waals surface area contributed by atoms with Crippen LogP contribution in [0, 0.1) is 0 Å². The van der Waals surface area contributed by atoms with Crippen molar-refractivity contribution in [2.45, 2.75) is 59.3 Å². The maximum atomic E-state index is 5.91. The van der Waals surface area contributed by atoms with E-state index in [2.05, 4.69) is 78.7 Å². The molecule has 184 valence electrons. The zero-order valence-corrected chi connectivity index (χ0v) is 20.8. The van der Waals surface area contributed by atoms with Crippen LogP contribution in [0.2, 0.25) is 0 Å². The maximum Gasteiger partial charge on any atom is 0.221 e. The molecular weight excluding hydrogens is 442 g/mol. The van der Waals surface area contributed by atoms with E-state index >= 15 is 0 Å². The van der Waals surface area contributed by atoms with E-state index in [4.69, 9.17) is 19.6 Å². The molecule has 35 heavy (non-hydrogen) atoms. The van der Waals surface area contributed by atoms with Crippen LogP contribution < -0.4 is 0 Å². The standard InChI is InChI=1S/C26H33N7O2/c1-5-15-34-26(35-16-6-2)25-27-23(33(30-25)18(3)4)17-19-11-13-20(14-12-19)21-9-7-8-10-22(21)24-28-31-32-29-24/h7-14,18,26H,5-6,15-17H2,1-4H3,(H,28,29,31,32). The lowest BCUT2D eigenvalue weighted by molar-refractivity contribution is -0.151. The van der Waals surface area contributed by atoms with Gasteiger partial charge in [-0.05, 0) is 53.8 Å². The number of hydrogen-bond donors (Lipinski definition) is 1. The molecule has 9 nitrogen and oxygen atoms in total. The molecule has 0 atom stereocenters. The lowest BCUT2D eigenvalue weighted by Crippen LogP contribution is -2.13. The van der Waals surface area contributed by atoms with E-state index in [0.29, 0.717) is 31.3 Å². The molecule has 0 saturated heterocycles. The fourth-order valence-corrected chi connectivity index (χ4v) is 3.85. The quantitative estimate of drug-likeness (QED) is 0.283. The van der Waals surface area contributed by atoms with E-state index in [1.165, 1.54) is 0 Å². The van der Waals surface area contributed by atoms with Crippen LogP contribution in [0.5, 0.6) is 0 Å². The number of nitrogens with zero attached hydrogens (tertiary/aromatic N) is 6. The third-order valence-electron chi connectivity index (χ3n) is 5.52. The molecule has 0 unspecified atom stereocenters. The summed E-state index contributed by atoms with van der Waals surface area (Å²) in [5.41, 5.74) is 4.26. The van der Waals surface area contributed by atoms with Crippen LogP contribution in [0.25, 0.3) is 22.5 Å². The zero-order chi connectivity index (χ0) is 24.6. The number of tetrazole rings is 1. The van der Waals surface area contributed by atoms with Gasteiger partial charge in [0.25, 0.3) is 0 Å². The summed E-state index contributed by atoms with van der Waals surface area (Å²) in [7, 11) is 0. The lowest BCUT2D eigenvalue weighted by Gasteiger charge is -2.14. The van der Waals surface area contributed by atoms with Gasteiger partial charge in [-0.2, -0.15) is 5.10 Å². The minimum atomic E-state index is -0.543. The van der Waals surface area contributed by atoms with Crippen molar-refractivity contribution in [3.05, 3.63) is 65.7 Å². The summed E-state index contributed by atoms with van der Waals surface area (Å²) in [5.74, 6) is 2.12. The first-order valence-electron chi connectivity index (χ1n) is 12.2. The van der Waals surface area contributed by atoms with Crippen molar-refractivity contribution >= 4 is 0 Å². The van der Waals surface area contributed by atoms with Gasteiger partial charge in [0.15, 0.2) is 5.82 Å². The summed E-state index contributed by atoms with van der Waals surface area (Å²) in [4.78, 5) is 4.84. The van der Waals surface area contributed by atoms with Crippen molar-refractivity contribution < 1.29 is 9.47 Å². The Kier molecular flexibility index (Phi) is 8.33. The van der Waals surface area contributed by atoms with Gasteiger partial charge < -0.3 is 9.47 Å². The summed E-state index contributed by atoms with van der Waals surface area (Å²) < 4.78 is 13.8. The molecule has 2 aromatic heterocycles. The van der Waals surface area contributed by atoms with Crippen LogP contribution in [0.15, 0.2) is 48.5 Å². The van der Waals surface area contributed by atoms with Crippen LogP contribution in [-0.4, -0.2) is 48.6 Å². The van der Waals surface area contributed by atoms with Crippen molar-refractivity contribution in [2.24, 2.45) is 0 Å². The second-order valence-electron chi connectivity index (χ2n) is 8.67. The molecule has 2 aromatic carbocycles. The Bertz CT molecular complexity index is 1180. The van der Waals surface area contributed by atoms with Gasteiger partial charge in [0.1, 0.15) is 5.82 Å². The Balaban J connectivity index is 1.57. The van der Waals surface area contributed by atoms with E-state index < -0.39 is 6.29 Å². The Morgan fingerprint density at radius 2 is 1.60 bits per heavy atom. The number of hydrogen-bond acceptors (Lipinski definition) is 7. The van der Waals surface area contributed by atoms with Crippen LogP contribution >= 0.6 is 0 Å². The fraction of sp³-hybridized carbons (Fsp3) is 0.423. The molecule has 0 amide bonds. The first kappa shape index (κ1) is 24.7. The van der Waals surface area contributed by atoms with Crippen LogP contribution in [0.3, 0.4) is 0 Å². The number of rotatable bonds is 12. The molecule has 0 bridgehead atoms. The van der Waals surface area contributed by atoms with Gasteiger partial charge in [0.05, 0.1) is 0 Å². The average molecular weight is 476 g/mol. The number of aromatic nitrogens is 7. The predicted octanol–water partition coefficient (Wildman–Crippen LogP) is 5.15. The van der Waals surface area contributed by atoms with E-state index in [9.17, 15) is 0 Å². The number of nitrogens with one attached hydrogen (secondary N) is 1. The van der Waals surface area contributed by atoms with E-state index in [1.807, 2.05) is 22.9 Å². The van der Waals surface area contributed by atoms with Gasteiger partial charge in [-0.3, -0.25) is 0 Å². The summed E-state index contributed by atoms with van der Waals surface area (Å²) in [6.07, 6.45) is 1.93. The van der Waals surface area contributed by atoms with Gasteiger partial charge in [-0.1, -0.05) is 62.4 Å². The van der Waals surface area contributed by atoms with Crippen molar-refractivity contribution in [3.8, 4) is 22.5 Å². The largest absolute Gasteiger partial charge is 0.346 e. The first-order chi connectivity index (χ1) is 17.1. The number of ether oxygens (including phenoxy) is 2. The van der Waals surface area contributed by atoms with Crippen molar-refractivity contribution in [1.29, 1.82) is 0 Å². The van der Waals surface area contributed by atoms with Gasteiger partial charge in [-0.25, -0.2) is 14.8 Å². The number of benzene rings is 2. The van der Waals surface area contributed by atoms with E-state index in [0.717, 1.165) is 40.9 Å². The molecule has 0 saturated carbocycles. The third-order valence-corrected chi connectivity index (χ3v) is 5.52. The average Bonchev–Trinajstić information content (AvgIpc) is 3.55. The molecule has 0 aliphatic heterocycles. The highest BCUT2D eigenvalue weighted by Crippen LogP contribution is 2.30. The molecule has 2 heterocycles. The molecule has 0 aliphatic carbocycles. The highest BCUT2D eigenvalue weighted by molar-refractivity contribution is 5.80. The summed E-state index contributed by atoms with van der Waals surface area (Å²) in [6.45, 7) is 9.57. The molecule has 1 N–H and O–H groups in total. The maximum absolute atomic E-state index is 5.91. The molecule has 4 aromatic rings. The van der Waals surface area contributed by atoms with Crippen LogP contribution in [0.1, 0.15) is 70.1 Å².